The van der Waals surface area contributed by atoms with Crippen molar-refractivity contribution in [2.24, 2.45) is 75.5 Å². The largest absolute Gasteiger partial charge is 0.480 e. The number of nitrogens with two attached hydrogens (primary N) is 8. The van der Waals surface area contributed by atoms with Gasteiger partial charge < -0.3 is 96.9 Å². The Hall–Kier alpha value is -4.64. The van der Waals surface area contributed by atoms with Gasteiger partial charge in [-0.15, -0.1) is 0 Å². The predicted molar refractivity (Wildman–Crippen MR) is 242 cm³/mol. The van der Waals surface area contributed by atoms with Crippen molar-refractivity contribution in [2.45, 2.75) is 163 Å². The summed E-state index contributed by atoms with van der Waals surface area (Å²) in [5, 5.41) is 81.8. The molecule has 0 aromatic rings. The number of aliphatic hydroxyl groups excluding tert-OH is 2. The number of rotatable bonds is 19. The second-order valence-corrected chi connectivity index (χ2v) is 15.9. The van der Waals surface area contributed by atoms with Gasteiger partial charge in [0.25, 0.3) is 0 Å². The normalized spacial score (nSPS) is 14.6. The molecule has 0 aromatic carbocycles. The summed E-state index contributed by atoms with van der Waals surface area (Å²) in [5.41, 5.74) is 40.6. The average Bonchev–Trinajstić information content (AvgIpc) is 3.16. The van der Waals surface area contributed by atoms with E-state index in [1.165, 1.54) is 13.8 Å². The van der Waals surface area contributed by atoms with Crippen LogP contribution in [0.2, 0.25) is 0 Å². The molecule has 0 aliphatic rings. The minimum atomic E-state index is -1.18. The van der Waals surface area contributed by atoms with Gasteiger partial charge >= 0.3 is 47.8 Å². The van der Waals surface area contributed by atoms with Gasteiger partial charge in [0, 0.05) is 0 Å². The third-order valence-corrected chi connectivity index (χ3v) is 7.38. The SMILES string of the molecule is CC(C)C(N)C(=O)O.CC(C)CC(N)C(=O)O.CC(C)CC(N)C(=O)O.CC(C)CC(N)C(=O)O.CC(N)C(=O)O.CC(O)C(N)C(=O)O.CCC(C)C(N)C(=O)O.NC(CO)C(=O)O. The van der Waals surface area contributed by atoms with Crippen molar-refractivity contribution in [2.75, 3.05) is 6.61 Å². The third kappa shape index (κ3) is 63.7. The molecule has 26 N–H and O–H groups in total. The molecular formula is C39H86N8O18. The van der Waals surface area contributed by atoms with Crippen molar-refractivity contribution in [1.29, 1.82) is 0 Å². The topological polar surface area (TPSA) is 547 Å². The summed E-state index contributed by atoms with van der Waals surface area (Å²) in [6.07, 6.45) is 1.49. The van der Waals surface area contributed by atoms with Gasteiger partial charge in [0.1, 0.15) is 48.3 Å². The van der Waals surface area contributed by atoms with Crippen LogP contribution in [-0.4, -0.2) is 160 Å². The van der Waals surface area contributed by atoms with Crippen molar-refractivity contribution in [3.05, 3.63) is 0 Å². The molecule has 390 valence electrons. The molecule has 26 heteroatoms. The molecule has 0 saturated carbocycles. The number of hydrogen-bond donors (Lipinski definition) is 18. The minimum absolute atomic E-state index is 0.0208. The van der Waals surface area contributed by atoms with Crippen LogP contribution in [0.3, 0.4) is 0 Å². The lowest BCUT2D eigenvalue weighted by Gasteiger charge is -2.11. The zero-order chi connectivity index (χ0) is 54.2. The minimum Gasteiger partial charge on any atom is -0.480 e. The maximum Gasteiger partial charge on any atom is 0.323 e. The highest BCUT2D eigenvalue weighted by Crippen LogP contribution is 2.05. The number of hydrogen-bond acceptors (Lipinski definition) is 18. The highest BCUT2D eigenvalue weighted by molar-refractivity contribution is 5.75. The lowest BCUT2D eigenvalue weighted by Crippen LogP contribution is -2.39. The fraction of sp³-hybridized carbons (Fsp3) is 0.795. The number of carboxylic acid groups (broad SMARTS) is 8. The molecule has 0 aromatic heterocycles. The molecule has 0 spiro atoms. The van der Waals surface area contributed by atoms with E-state index in [9.17, 15) is 38.4 Å². The molecule has 65 heavy (non-hydrogen) atoms. The summed E-state index contributed by atoms with van der Waals surface area (Å²) in [5.74, 6) is -6.74. The monoisotopic (exact) mass is 955 g/mol. The molecule has 0 amide bonds. The van der Waals surface area contributed by atoms with Crippen LogP contribution < -0.4 is 45.9 Å². The number of carbonyl (C=O) groups is 8. The van der Waals surface area contributed by atoms with Crippen molar-refractivity contribution < 1.29 is 89.4 Å². The van der Waals surface area contributed by atoms with Gasteiger partial charge in [-0.1, -0.05) is 75.7 Å². The summed E-state index contributed by atoms with van der Waals surface area (Å²) in [6, 6.07) is -6.50. The molecule has 26 nitrogen and oxygen atoms in total. The molecule has 0 aliphatic heterocycles. The molecule has 0 fully saturated rings. The van der Waals surface area contributed by atoms with Crippen molar-refractivity contribution in [3.63, 3.8) is 0 Å². The lowest BCUT2D eigenvalue weighted by atomic mass is 10.0. The van der Waals surface area contributed by atoms with Gasteiger partial charge in [0.15, 0.2) is 0 Å². The second kappa shape index (κ2) is 45.9. The summed E-state index contributed by atoms with van der Waals surface area (Å²) >= 11 is 0. The molecule has 0 heterocycles. The predicted octanol–water partition coefficient (Wildman–Crippen LogP) is -1.58. The van der Waals surface area contributed by atoms with E-state index in [-0.39, 0.29) is 11.8 Å². The Morgan fingerprint density at radius 3 is 0.646 bits per heavy atom. The number of aliphatic hydroxyl groups is 2. The fourth-order valence-corrected chi connectivity index (χ4v) is 2.89. The van der Waals surface area contributed by atoms with Crippen LogP contribution in [0, 0.1) is 29.6 Å². The zero-order valence-electron chi connectivity index (χ0n) is 40.0. The molecule has 10 atom stereocenters. The standard InChI is InChI=1S/4C6H13NO2.C5H11NO2.C4H9NO3.C3H7NO3.C3H7NO2/c3*1-4(2)3-5(7)6(8)9;1-3-4(2)5(7)6(8)9;1-3(2)4(6)5(7)8;1-2(6)3(5)4(7)8;4-2(1-5)3(6)7;1-2(4)3(5)6/h4*4-5H,3,7H2,1-2H3,(H,8,9);3-4H,6H2,1-2H3,(H,7,8);2-3,6H,5H2,1H3,(H,7,8);2,5H,1,4H2,(H,6,7);2H,4H2,1H3,(H,5,6). The average molecular weight is 955 g/mol. The first-order chi connectivity index (χ1) is 29.1. The van der Waals surface area contributed by atoms with E-state index in [2.05, 4.69) is 0 Å². The van der Waals surface area contributed by atoms with Crippen molar-refractivity contribution in [3.8, 4) is 0 Å². The van der Waals surface area contributed by atoms with Crippen LogP contribution in [0.1, 0.15) is 109 Å². The molecular weight excluding hydrogens is 868 g/mol. The molecule has 0 bridgehead atoms. The Bertz CT molecular complexity index is 1200. The van der Waals surface area contributed by atoms with Gasteiger partial charge in [-0.05, 0) is 62.7 Å². The summed E-state index contributed by atoms with van der Waals surface area (Å²) in [4.78, 5) is 79.6. The van der Waals surface area contributed by atoms with Gasteiger partial charge in [0.2, 0.25) is 0 Å². The smallest absolute Gasteiger partial charge is 0.323 e. The maximum atomic E-state index is 10.2. The molecule has 0 aliphatic carbocycles. The molecule has 0 rings (SSSR count). The number of aliphatic carboxylic acids is 8. The lowest BCUT2D eigenvalue weighted by molar-refractivity contribution is -0.141. The van der Waals surface area contributed by atoms with E-state index in [0.717, 1.165) is 6.42 Å². The summed E-state index contributed by atoms with van der Waals surface area (Å²) in [7, 11) is 0. The van der Waals surface area contributed by atoms with E-state index in [4.69, 9.17) is 96.9 Å². The fourth-order valence-electron chi connectivity index (χ4n) is 2.89. The summed E-state index contributed by atoms with van der Waals surface area (Å²) < 4.78 is 0. The van der Waals surface area contributed by atoms with Crippen molar-refractivity contribution >= 4 is 47.8 Å². The molecule has 0 saturated heterocycles. The Morgan fingerprint density at radius 2 is 0.615 bits per heavy atom. The Labute approximate surface area is 382 Å². The van der Waals surface area contributed by atoms with E-state index < -0.39 is 109 Å². The first kappa shape index (κ1) is 77.6. The van der Waals surface area contributed by atoms with Crippen LogP contribution in [0.25, 0.3) is 0 Å². The highest BCUT2D eigenvalue weighted by Gasteiger charge is 2.18. The first-order valence-electron chi connectivity index (χ1n) is 20.3. The van der Waals surface area contributed by atoms with E-state index in [1.807, 2.05) is 55.4 Å². The Kier molecular flexibility index (Phi) is 54.8. The maximum absolute atomic E-state index is 10.2. The third-order valence-electron chi connectivity index (χ3n) is 7.38. The van der Waals surface area contributed by atoms with Crippen LogP contribution >= 0.6 is 0 Å². The summed E-state index contributed by atoms with van der Waals surface area (Å²) in [6.45, 7) is 21.2. The van der Waals surface area contributed by atoms with Gasteiger partial charge in [-0.3, -0.25) is 38.4 Å². The van der Waals surface area contributed by atoms with Crippen LogP contribution in [0.15, 0.2) is 0 Å². The van der Waals surface area contributed by atoms with Gasteiger partial charge in [0.05, 0.1) is 12.7 Å². The molecule has 0 radical (unpaired) electrons. The van der Waals surface area contributed by atoms with Crippen LogP contribution in [0.4, 0.5) is 0 Å². The van der Waals surface area contributed by atoms with E-state index >= 15 is 0 Å². The quantitative estimate of drug-likeness (QED) is 0.0694. The highest BCUT2D eigenvalue weighted by atomic mass is 16.4. The van der Waals surface area contributed by atoms with Gasteiger partial charge in [-0.25, -0.2) is 0 Å². The van der Waals surface area contributed by atoms with Gasteiger partial charge in [-0.2, -0.15) is 0 Å². The number of carboxylic acids is 8. The Morgan fingerprint density at radius 1 is 0.385 bits per heavy atom. The van der Waals surface area contributed by atoms with Crippen LogP contribution in [0.5, 0.6) is 0 Å². The van der Waals surface area contributed by atoms with E-state index in [1.54, 1.807) is 13.8 Å². The first-order valence-corrected chi connectivity index (χ1v) is 20.3. The second-order valence-electron chi connectivity index (χ2n) is 15.9. The van der Waals surface area contributed by atoms with Crippen LogP contribution in [-0.2, 0) is 38.4 Å². The Balaban J connectivity index is -0.0000000955. The zero-order valence-corrected chi connectivity index (χ0v) is 40.0. The van der Waals surface area contributed by atoms with E-state index in [0.29, 0.717) is 37.0 Å². The molecule has 10 unspecified atom stereocenters. The van der Waals surface area contributed by atoms with Crippen molar-refractivity contribution in [1.82, 2.24) is 0 Å².